The highest BCUT2D eigenvalue weighted by Gasteiger charge is 2.12. The molecule has 1 aromatic carbocycles. The number of hydrogen-bond donors (Lipinski definition) is 0. The van der Waals surface area contributed by atoms with Gasteiger partial charge in [0.05, 0.1) is 13.2 Å². The van der Waals surface area contributed by atoms with Gasteiger partial charge in [-0.05, 0) is 44.0 Å². The predicted octanol–water partition coefficient (Wildman–Crippen LogP) is 4.54. The fourth-order valence-electron chi connectivity index (χ4n) is 1.79. The monoisotopic (exact) mass is 383 g/mol. The highest BCUT2D eigenvalue weighted by Crippen LogP contribution is 2.26. The van der Waals surface area contributed by atoms with Crippen LogP contribution < -0.4 is 4.74 Å². The number of carbonyl (C=O) groups excluding carboxylic acids is 1. The third-order valence-corrected chi connectivity index (χ3v) is 4.34. The molecule has 0 unspecified atom stereocenters. The Morgan fingerprint density at radius 1 is 1.27 bits per heavy atom. The number of ether oxygens (including phenoxy) is 2. The zero-order chi connectivity index (χ0) is 15.8. The molecule has 0 fully saturated rings. The van der Waals surface area contributed by atoms with Crippen LogP contribution in [-0.4, -0.2) is 29.5 Å². The molecule has 22 heavy (non-hydrogen) atoms. The van der Waals surface area contributed by atoms with Crippen molar-refractivity contribution < 1.29 is 14.3 Å². The Labute approximate surface area is 142 Å². The van der Waals surface area contributed by atoms with Gasteiger partial charge in [0.2, 0.25) is 0 Å². The lowest BCUT2D eigenvalue weighted by Gasteiger charge is -2.05. The van der Waals surface area contributed by atoms with Gasteiger partial charge in [0, 0.05) is 16.3 Å². The van der Waals surface area contributed by atoms with Crippen LogP contribution in [-0.2, 0) is 4.74 Å². The van der Waals surface area contributed by atoms with E-state index in [1.807, 2.05) is 24.3 Å². The summed E-state index contributed by atoms with van der Waals surface area (Å²) in [6, 6.07) is 7.75. The molecule has 0 aliphatic rings. The number of nitrogens with zero attached hydrogens (tertiary/aromatic N) is 1. The van der Waals surface area contributed by atoms with Crippen LogP contribution in [0.15, 0.2) is 29.6 Å². The van der Waals surface area contributed by atoms with Crippen LogP contribution >= 0.6 is 27.3 Å². The molecule has 0 radical (unpaired) electrons. The summed E-state index contributed by atoms with van der Waals surface area (Å²) < 4.78 is 10.6. The number of thiazole rings is 1. The second-order valence-corrected chi connectivity index (χ2v) is 6.18. The van der Waals surface area contributed by atoms with Gasteiger partial charge < -0.3 is 9.47 Å². The van der Waals surface area contributed by atoms with Crippen molar-refractivity contribution >= 4 is 33.2 Å². The summed E-state index contributed by atoms with van der Waals surface area (Å²) in [7, 11) is 0. The van der Waals surface area contributed by atoms with Crippen LogP contribution in [0.4, 0.5) is 0 Å². The van der Waals surface area contributed by atoms with Crippen molar-refractivity contribution in [1.82, 2.24) is 4.98 Å². The first-order valence-corrected chi connectivity index (χ1v) is 9.16. The summed E-state index contributed by atoms with van der Waals surface area (Å²) in [5.41, 5.74) is 1.32. The molecule has 0 atom stereocenters. The zero-order valence-electron chi connectivity index (χ0n) is 12.4. The predicted molar refractivity (Wildman–Crippen MR) is 92.0 cm³/mol. The maximum absolute atomic E-state index is 11.6. The Balaban J connectivity index is 1.97. The largest absolute Gasteiger partial charge is 0.494 e. The molecule has 0 saturated heterocycles. The van der Waals surface area contributed by atoms with E-state index < -0.39 is 0 Å². The van der Waals surface area contributed by atoms with Crippen molar-refractivity contribution in [3.05, 3.63) is 35.3 Å². The number of aromatic nitrogens is 1. The van der Waals surface area contributed by atoms with Gasteiger partial charge in [0.15, 0.2) is 5.69 Å². The van der Waals surface area contributed by atoms with Crippen LogP contribution in [0.5, 0.6) is 5.75 Å². The fraction of sp³-hybridized carbons (Fsp3) is 0.375. The molecule has 1 aromatic heterocycles. The van der Waals surface area contributed by atoms with E-state index in [4.69, 9.17) is 9.47 Å². The minimum Gasteiger partial charge on any atom is -0.494 e. The van der Waals surface area contributed by atoms with E-state index in [9.17, 15) is 4.79 Å². The summed E-state index contributed by atoms with van der Waals surface area (Å²) in [5, 5.41) is 3.52. The molecule has 118 valence electrons. The van der Waals surface area contributed by atoms with Gasteiger partial charge in [0.1, 0.15) is 10.8 Å². The molecule has 0 aliphatic carbocycles. The lowest BCUT2D eigenvalue weighted by atomic mass is 10.2. The van der Waals surface area contributed by atoms with Crippen LogP contribution in [0.2, 0.25) is 0 Å². The molecular formula is C16H18BrNO3S. The number of carbonyl (C=O) groups is 1. The first-order chi connectivity index (χ1) is 10.7. The van der Waals surface area contributed by atoms with Crippen LogP contribution in [0.1, 0.15) is 30.3 Å². The number of unbranched alkanes of at least 4 members (excludes halogenated alkanes) is 1. The summed E-state index contributed by atoms with van der Waals surface area (Å²) in [6.45, 7) is 2.85. The van der Waals surface area contributed by atoms with Crippen molar-refractivity contribution in [3.63, 3.8) is 0 Å². The standard InChI is InChI=1S/C16H18BrNO3S/c1-2-20-16(19)14-11-22-15(18-14)12-5-7-13(8-6-12)21-10-4-3-9-17/h5-8,11H,2-4,9-10H2,1H3. The SMILES string of the molecule is CCOC(=O)c1csc(-c2ccc(OCCCCBr)cc2)n1. The number of hydrogen-bond acceptors (Lipinski definition) is 5. The summed E-state index contributed by atoms with van der Waals surface area (Å²) in [4.78, 5) is 15.9. The van der Waals surface area contributed by atoms with Gasteiger partial charge in [-0.15, -0.1) is 11.3 Å². The van der Waals surface area contributed by atoms with E-state index in [1.54, 1.807) is 12.3 Å². The van der Waals surface area contributed by atoms with Gasteiger partial charge >= 0.3 is 5.97 Å². The number of benzene rings is 1. The van der Waals surface area contributed by atoms with E-state index in [1.165, 1.54) is 11.3 Å². The topological polar surface area (TPSA) is 48.4 Å². The molecule has 0 N–H and O–H groups in total. The third-order valence-electron chi connectivity index (χ3n) is 2.89. The van der Waals surface area contributed by atoms with Gasteiger partial charge in [-0.1, -0.05) is 15.9 Å². The molecule has 0 spiro atoms. The Morgan fingerprint density at radius 3 is 2.73 bits per heavy atom. The maximum atomic E-state index is 11.6. The van der Waals surface area contributed by atoms with Crippen molar-refractivity contribution in [2.45, 2.75) is 19.8 Å². The summed E-state index contributed by atoms with van der Waals surface area (Å²) >= 11 is 4.83. The maximum Gasteiger partial charge on any atom is 0.357 e. The number of rotatable bonds is 8. The Bertz CT molecular complexity index is 598. The molecular weight excluding hydrogens is 366 g/mol. The molecule has 2 rings (SSSR count). The molecule has 6 heteroatoms. The van der Waals surface area contributed by atoms with Crippen LogP contribution in [0.3, 0.4) is 0 Å². The lowest BCUT2D eigenvalue weighted by molar-refractivity contribution is 0.0520. The first-order valence-electron chi connectivity index (χ1n) is 7.16. The van der Waals surface area contributed by atoms with Crippen molar-refractivity contribution in [2.75, 3.05) is 18.5 Å². The van der Waals surface area contributed by atoms with E-state index >= 15 is 0 Å². The van der Waals surface area contributed by atoms with E-state index in [-0.39, 0.29) is 5.97 Å². The van der Waals surface area contributed by atoms with E-state index in [2.05, 4.69) is 20.9 Å². The molecule has 2 aromatic rings. The van der Waals surface area contributed by atoms with Crippen molar-refractivity contribution in [3.8, 4) is 16.3 Å². The Kier molecular flexibility index (Phi) is 6.86. The van der Waals surface area contributed by atoms with Gasteiger partial charge in [-0.2, -0.15) is 0 Å². The number of esters is 1. The average Bonchev–Trinajstić information content (AvgIpc) is 3.02. The van der Waals surface area contributed by atoms with Crippen LogP contribution in [0, 0.1) is 0 Å². The van der Waals surface area contributed by atoms with E-state index in [0.29, 0.717) is 12.3 Å². The molecule has 0 bridgehead atoms. The smallest absolute Gasteiger partial charge is 0.357 e. The zero-order valence-corrected chi connectivity index (χ0v) is 14.8. The minimum atomic E-state index is -0.378. The fourth-order valence-corrected chi connectivity index (χ4v) is 2.98. The second kappa shape index (κ2) is 8.90. The molecule has 0 amide bonds. The van der Waals surface area contributed by atoms with Gasteiger partial charge in [-0.25, -0.2) is 9.78 Å². The van der Waals surface area contributed by atoms with Gasteiger partial charge in [0.25, 0.3) is 0 Å². The van der Waals surface area contributed by atoms with Crippen LogP contribution in [0.25, 0.3) is 10.6 Å². The molecule has 0 aliphatic heterocycles. The molecule has 4 nitrogen and oxygen atoms in total. The average molecular weight is 384 g/mol. The first kappa shape index (κ1) is 17.0. The normalized spacial score (nSPS) is 10.5. The summed E-state index contributed by atoms with van der Waals surface area (Å²) in [6.07, 6.45) is 2.14. The third kappa shape index (κ3) is 4.81. The second-order valence-electron chi connectivity index (χ2n) is 4.53. The summed E-state index contributed by atoms with van der Waals surface area (Å²) in [5.74, 6) is 0.470. The van der Waals surface area contributed by atoms with E-state index in [0.717, 1.165) is 41.1 Å². The Morgan fingerprint density at radius 2 is 2.05 bits per heavy atom. The lowest BCUT2D eigenvalue weighted by Crippen LogP contribution is -2.04. The van der Waals surface area contributed by atoms with Crippen molar-refractivity contribution in [2.24, 2.45) is 0 Å². The minimum absolute atomic E-state index is 0.354. The number of halogens is 1. The van der Waals surface area contributed by atoms with Gasteiger partial charge in [-0.3, -0.25) is 0 Å². The number of alkyl halides is 1. The quantitative estimate of drug-likeness (QED) is 0.381. The Hall–Kier alpha value is -1.40. The molecule has 0 saturated carbocycles. The van der Waals surface area contributed by atoms with Crippen molar-refractivity contribution in [1.29, 1.82) is 0 Å². The highest BCUT2D eigenvalue weighted by atomic mass is 79.9. The highest BCUT2D eigenvalue weighted by molar-refractivity contribution is 9.09. The molecule has 1 heterocycles.